The lowest BCUT2D eigenvalue weighted by molar-refractivity contribution is -0.122. The highest BCUT2D eigenvalue weighted by molar-refractivity contribution is 5.77. The molecule has 1 saturated carbocycles. The molecular weight excluding hydrogens is 260 g/mol. The molecule has 0 bridgehead atoms. The van der Waals surface area contributed by atoms with Crippen molar-refractivity contribution in [3.8, 4) is 0 Å². The molecule has 2 unspecified atom stereocenters. The van der Waals surface area contributed by atoms with Crippen LogP contribution in [0.5, 0.6) is 0 Å². The Morgan fingerprint density at radius 1 is 1.29 bits per heavy atom. The third-order valence-corrected chi connectivity index (χ3v) is 3.89. The number of benzene rings is 1. The minimum atomic E-state index is -0.0689. The van der Waals surface area contributed by atoms with Crippen LogP contribution in [0, 0.1) is 11.3 Å². The van der Waals surface area contributed by atoms with E-state index in [1.54, 1.807) is 0 Å². The van der Waals surface area contributed by atoms with Crippen molar-refractivity contribution in [2.45, 2.75) is 58.5 Å². The summed E-state index contributed by atoms with van der Waals surface area (Å²) in [5.41, 5.74) is 7.47. The van der Waals surface area contributed by atoms with Gasteiger partial charge in [0.2, 0.25) is 5.91 Å². The van der Waals surface area contributed by atoms with E-state index in [4.69, 9.17) is 5.73 Å². The zero-order valence-electron chi connectivity index (χ0n) is 13.4. The Hall–Kier alpha value is -1.35. The normalized spacial score (nSPS) is 18.1. The average Bonchev–Trinajstić information content (AvgIpc) is 3.18. The molecule has 1 aliphatic rings. The molecule has 21 heavy (non-hydrogen) atoms. The number of nitrogens with two attached hydrogens (primary N) is 1. The summed E-state index contributed by atoms with van der Waals surface area (Å²) in [6.07, 6.45) is 3.68. The Labute approximate surface area is 128 Å². The van der Waals surface area contributed by atoms with Crippen LogP contribution < -0.4 is 11.1 Å². The highest BCUT2D eigenvalue weighted by atomic mass is 16.1. The molecule has 1 fully saturated rings. The van der Waals surface area contributed by atoms with Crippen molar-refractivity contribution >= 4 is 5.91 Å². The lowest BCUT2D eigenvalue weighted by atomic mass is 9.87. The van der Waals surface area contributed by atoms with E-state index >= 15 is 0 Å². The van der Waals surface area contributed by atoms with Crippen LogP contribution in [0.25, 0.3) is 0 Å². The molecule has 3 nitrogen and oxygen atoms in total. The molecule has 1 aliphatic carbocycles. The van der Waals surface area contributed by atoms with Crippen LogP contribution in [-0.4, -0.2) is 11.9 Å². The molecule has 116 valence electrons. The quantitative estimate of drug-likeness (QED) is 0.843. The van der Waals surface area contributed by atoms with E-state index in [1.165, 1.54) is 18.4 Å². The molecule has 0 aromatic heterocycles. The number of carbonyl (C=O) groups is 1. The summed E-state index contributed by atoms with van der Waals surface area (Å²) in [4.78, 5) is 12.3. The number of rotatable bonds is 6. The molecule has 2 rings (SSSR count). The van der Waals surface area contributed by atoms with E-state index in [9.17, 15) is 4.79 Å². The first-order valence-electron chi connectivity index (χ1n) is 7.95. The summed E-state index contributed by atoms with van der Waals surface area (Å²) in [7, 11) is 0. The van der Waals surface area contributed by atoms with Gasteiger partial charge in [-0.05, 0) is 36.2 Å². The predicted octanol–water partition coefficient (Wildman–Crippen LogP) is 3.41. The van der Waals surface area contributed by atoms with Crippen LogP contribution in [0.3, 0.4) is 0 Å². The maximum Gasteiger partial charge on any atom is 0.222 e. The van der Waals surface area contributed by atoms with Gasteiger partial charge in [0, 0.05) is 12.5 Å². The fourth-order valence-corrected chi connectivity index (χ4v) is 2.89. The molecule has 1 aromatic carbocycles. The second-order valence-electron chi connectivity index (χ2n) is 7.52. The van der Waals surface area contributed by atoms with Crippen molar-refractivity contribution in [3.05, 3.63) is 35.9 Å². The van der Waals surface area contributed by atoms with Gasteiger partial charge < -0.3 is 11.1 Å². The van der Waals surface area contributed by atoms with E-state index in [1.807, 2.05) is 18.2 Å². The molecule has 1 aromatic rings. The molecule has 0 aliphatic heterocycles. The topological polar surface area (TPSA) is 55.1 Å². The van der Waals surface area contributed by atoms with Gasteiger partial charge in [-0.25, -0.2) is 0 Å². The average molecular weight is 288 g/mol. The van der Waals surface area contributed by atoms with Crippen molar-refractivity contribution in [1.82, 2.24) is 5.32 Å². The predicted molar refractivity (Wildman–Crippen MR) is 86.7 cm³/mol. The van der Waals surface area contributed by atoms with E-state index in [-0.39, 0.29) is 23.4 Å². The van der Waals surface area contributed by atoms with E-state index in [0.717, 1.165) is 6.42 Å². The first kappa shape index (κ1) is 16.0. The number of nitrogens with one attached hydrogen (secondary N) is 1. The number of hydrogen-bond donors (Lipinski definition) is 2. The van der Waals surface area contributed by atoms with Crippen LogP contribution in [-0.2, 0) is 4.79 Å². The molecule has 2 atom stereocenters. The van der Waals surface area contributed by atoms with Gasteiger partial charge in [0.25, 0.3) is 0 Å². The zero-order chi connectivity index (χ0) is 15.5. The molecule has 0 radical (unpaired) electrons. The standard InChI is InChI=1S/C18H28N2O/c1-18(2,3)12-15(19)11-16(21)20-17(14-9-10-14)13-7-5-4-6-8-13/h4-8,14-15,17H,9-12,19H2,1-3H3,(H,20,21). The van der Waals surface area contributed by atoms with Crippen LogP contribution in [0.1, 0.15) is 58.1 Å². The molecule has 0 saturated heterocycles. The van der Waals surface area contributed by atoms with Gasteiger partial charge >= 0.3 is 0 Å². The third kappa shape index (κ3) is 5.50. The Morgan fingerprint density at radius 3 is 2.43 bits per heavy atom. The first-order chi connectivity index (χ1) is 9.85. The van der Waals surface area contributed by atoms with Gasteiger partial charge in [-0.3, -0.25) is 4.79 Å². The van der Waals surface area contributed by atoms with E-state index in [2.05, 4.69) is 38.2 Å². The Kier molecular flexibility index (Phi) is 5.04. The SMILES string of the molecule is CC(C)(C)CC(N)CC(=O)NC(c1ccccc1)C1CC1. The summed E-state index contributed by atoms with van der Waals surface area (Å²) in [6.45, 7) is 6.46. The maximum atomic E-state index is 12.3. The second kappa shape index (κ2) is 6.61. The van der Waals surface area contributed by atoms with Crippen LogP contribution in [0.4, 0.5) is 0 Å². The third-order valence-electron chi connectivity index (χ3n) is 3.89. The van der Waals surface area contributed by atoms with E-state index < -0.39 is 0 Å². The highest BCUT2D eigenvalue weighted by Crippen LogP contribution is 2.41. The van der Waals surface area contributed by atoms with Crippen LogP contribution in [0.15, 0.2) is 30.3 Å². The molecular formula is C18H28N2O. The summed E-state index contributed by atoms with van der Waals surface area (Å²) in [6, 6.07) is 10.3. The Bertz CT molecular complexity index is 460. The van der Waals surface area contributed by atoms with Crippen molar-refractivity contribution in [2.75, 3.05) is 0 Å². The second-order valence-corrected chi connectivity index (χ2v) is 7.52. The van der Waals surface area contributed by atoms with E-state index in [0.29, 0.717) is 12.3 Å². The maximum absolute atomic E-state index is 12.3. The lowest BCUT2D eigenvalue weighted by Crippen LogP contribution is -2.36. The van der Waals surface area contributed by atoms with Gasteiger partial charge in [0.05, 0.1) is 6.04 Å². The summed E-state index contributed by atoms with van der Waals surface area (Å²) < 4.78 is 0. The summed E-state index contributed by atoms with van der Waals surface area (Å²) >= 11 is 0. The van der Waals surface area contributed by atoms with Gasteiger partial charge in [-0.15, -0.1) is 0 Å². The van der Waals surface area contributed by atoms with Crippen molar-refractivity contribution < 1.29 is 4.79 Å². The molecule has 3 N–H and O–H groups in total. The van der Waals surface area contributed by atoms with Crippen molar-refractivity contribution in [1.29, 1.82) is 0 Å². The highest BCUT2D eigenvalue weighted by Gasteiger charge is 2.33. The van der Waals surface area contributed by atoms with Crippen LogP contribution >= 0.6 is 0 Å². The zero-order valence-corrected chi connectivity index (χ0v) is 13.4. The first-order valence-corrected chi connectivity index (χ1v) is 7.95. The number of carbonyl (C=O) groups excluding carboxylic acids is 1. The smallest absolute Gasteiger partial charge is 0.222 e. The molecule has 3 heteroatoms. The molecule has 0 heterocycles. The van der Waals surface area contributed by atoms with Gasteiger partial charge in [0.1, 0.15) is 0 Å². The number of amides is 1. The van der Waals surface area contributed by atoms with Crippen LogP contribution in [0.2, 0.25) is 0 Å². The lowest BCUT2D eigenvalue weighted by Gasteiger charge is -2.24. The molecule has 1 amide bonds. The monoisotopic (exact) mass is 288 g/mol. The van der Waals surface area contributed by atoms with Gasteiger partial charge in [-0.2, -0.15) is 0 Å². The van der Waals surface area contributed by atoms with Crippen molar-refractivity contribution in [2.24, 2.45) is 17.1 Å². The number of hydrogen-bond acceptors (Lipinski definition) is 2. The minimum Gasteiger partial charge on any atom is -0.349 e. The Balaban J connectivity index is 1.91. The molecule has 0 spiro atoms. The van der Waals surface area contributed by atoms with Gasteiger partial charge in [0.15, 0.2) is 0 Å². The fraction of sp³-hybridized carbons (Fsp3) is 0.611. The fourth-order valence-electron chi connectivity index (χ4n) is 2.89. The largest absolute Gasteiger partial charge is 0.349 e. The summed E-state index contributed by atoms with van der Waals surface area (Å²) in [5, 5.41) is 3.19. The Morgan fingerprint density at radius 2 is 1.90 bits per heavy atom. The summed E-state index contributed by atoms with van der Waals surface area (Å²) in [5.74, 6) is 0.669. The van der Waals surface area contributed by atoms with Crippen molar-refractivity contribution in [3.63, 3.8) is 0 Å². The minimum absolute atomic E-state index is 0.0689. The van der Waals surface area contributed by atoms with Gasteiger partial charge in [-0.1, -0.05) is 51.1 Å².